The number of carbonyl (C=O) groups is 1. The number of alkyl halides is 2. The highest BCUT2D eigenvalue weighted by Gasteiger charge is 2.26. The van der Waals surface area contributed by atoms with Gasteiger partial charge in [0.15, 0.2) is 0 Å². The summed E-state index contributed by atoms with van der Waals surface area (Å²) in [6.07, 6.45) is 5.56. The molecule has 1 aliphatic rings. The number of carbonyl (C=O) groups excluding carboxylic acids is 1. The first-order chi connectivity index (χ1) is 7.53. The lowest BCUT2D eigenvalue weighted by Crippen LogP contribution is -2.37. The van der Waals surface area contributed by atoms with Crippen molar-refractivity contribution in [1.82, 2.24) is 4.90 Å². The summed E-state index contributed by atoms with van der Waals surface area (Å²) in [5.41, 5.74) is 0. The molecule has 1 heterocycles. The van der Waals surface area contributed by atoms with Crippen LogP contribution in [0.2, 0.25) is 0 Å². The van der Waals surface area contributed by atoms with Crippen molar-refractivity contribution in [2.75, 3.05) is 13.1 Å². The number of halogens is 2. The molecule has 2 nitrogen and oxygen atoms in total. The van der Waals surface area contributed by atoms with Crippen molar-refractivity contribution in [3.05, 3.63) is 0 Å². The Morgan fingerprint density at radius 2 is 2.12 bits per heavy atom. The molecule has 0 spiro atoms. The Labute approximate surface area is 96.0 Å². The van der Waals surface area contributed by atoms with Gasteiger partial charge in [-0.2, -0.15) is 0 Å². The fraction of sp³-hybridized carbons (Fsp3) is 0.917. The summed E-state index contributed by atoms with van der Waals surface area (Å²) in [7, 11) is 0. The Kier molecular flexibility index (Phi) is 5.32. The van der Waals surface area contributed by atoms with Crippen LogP contribution in [0.15, 0.2) is 0 Å². The van der Waals surface area contributed by atoms with E-state index in [0.29, 0.717) is 13.0 Å². The van der Waals surface area contributed by atoms with E-state index in [1.165, 1.54) is 0 Å². The molecule has 0 amide bonds. The zero-order chi connectivity index (χ0) is 12.0. The number of rotatable bonds is 5. The van der Waals surface area contributed by atoms with Gasteiger partial charge in [-0.15, -0.1) is 0 Å². The highest BCUT2D eigenvalue weighted by Crippen LogP contribution is 2.22. The van der Waals surface area contributed by atoms with E-state index in [0.717, 1.165) is 45.4 Å². The van der Waals surface area contributed by atoms with E-state index in [-0.39, 0.29) is 12.5 Å². The number of nitrogens with zero attached hydrogens (tertiary/aromatic N) is 1. The number of likely N-dealkylation sites (tertiary alicyclic amines) is 1. The molecular formula is C12H21F2NO. The van der Waals surface area contributed by atoms with Crippen molar-refractivity contribution in [3.63, 3.8) is 0 Å². The Morgan fingerprint density at radius 1 is 1.38 bits per heavy atom. The lowest BCUT2D eigenvalue weighted by atomic mass is 10.1. The predicted molar refractivity (Wildman–Crippen MR) is 59.7 cm³/mol. The van der Waals surface area contributed by atoms with Crippen LogP contribution in [0.5, 0.6) is 0 Å². The Hall–Kier alpha value is -0.510. The minimum Gasteiger partial charge on any atom is -0.303 e. The SMILES string of the molecule is CC(F)(F)CCN1CCCCCC1CC=O. The van der Waals surface area contributed by atoms with Crippen molar-refractivity contribution < 1.29 is 13.6 Å². The van der Waals surface area contributed by atoms with Gasteiger partial charge in [0.25, 0.3) is 0 Å². The third kappa shape index (κ3) is 5.01. The molecule has 0 aromatic carbocycles. The van der Waals surface area contributed by atoms with Gasteiger partial charge in [-0.25, -0.2) is 8.78 Å². The van der Waals surface area contributed by atoms with E-state index >= 15 is 0 Å². The van der Waals surface area contributed by atoms with Crippen molar-refractivity contribution in [2.24, 2.45) is 0 Å². The number of hydrogen-bond donors (Lipinski definition) is 0. The van der Waals surface area contributed by atoms with Crippen molar-refractivity contribution in [3.8, 4) is 0 Å². The van der Waals surface area contributed by atoms with Crippen molar-refractivity contribution >= 4 is 6.29 Å². The third-order valence-electron chi connectivity index (χ3n) is 3.21. The molecule has 0 bridgehead atoms. The van der Waals surface area contributed by atoms with Gasteiger partial charge >= 0.3 is 0 Å². The molecule has 1 atom stereocenters. The highest BCUT2D eigenvalue weighted by molar-refractivity contribution is 5.50. The Balaban J connectivity index is 2.47. The molecule has 0 aromatic heterocycles. The van der Waals surface area contributed by atoms with Gasteiger partial charge in [-0.1, -0.05) is 12.8 Å². The lowest BCUT2D eigenvalue weighted by Gasteiger charge is -2.29. The van der Waals surface area contributed by atoms with Gasteiger partial charge in [0.1, 0.15) is 6.29 Å². The molecule has 0 N–H and O–H groups in total. The maximum atomic E-state index is 12.8. The number of aldehydes is 1. The van der Waals surface area contributed by atoms with Crippen LogP contribution in [-0.2, 0) is 4.79 Å². The summed E-state index contributed by atoms with van der Waals surface area (Å²) in [6.45, 7) is 2.22. The van der Waals surface area contributed by atoms with Crippen LogP contribution in [0, 0.1) is 0 Å². The molecule has 0 aromatic rings. The van der Waals surface area contributed by atoms with Crippen molar-refractivity contribution in [1.29, 1.82) is 0 Å². The molecule has 1 rings (SSSR count). The van der Waals surface area contributed by atoms with Gasteiger partial charge in [0.05, 0.1) is 0 Å². The van der Waals surface area contributed by atoms with E-state index in [9.17, 15) is 13.6 Å². The molecule has 0 saturated carbocycles. The van der Waals surface area contributed by atoms with Crippen LogP contribution >= 0.6 is 0 Å². The van der Waals surface area contributed by atoms with Gasteiger partial charge in [0.2, 0.25) is 5.92 Å². The fourth-order valence-electron chi connectivity index (χ4n) is 2.25. The summed E-state index contributed by atoms with van der Waals surface area (Å²) in [6, 6.07) is 0.183. The van der Waals surface area contributed by atoms with E-state index < -0.39 is 5.92 Å². The normalized spacial score (nSPS) is 24.1. The number of hydrogen-bond acceptors (Lipinski definition) is 2. The fourth-order valence-corrected chi connectivity index (χ4v) is 2.25. The zero-order valence-corrected chi connectivity index (χ0v) is 9.92. The molecule has 1 unspecified atom stereocenters. The van der Waals surface area contributed by atoms with Crippen LogP contribution in [-0.4, -0.2) is 36.2 Å². The molecule has 1 fully saturated rings. The first kappa shape index (κ1) is 13.6. The average molecular weight is 233 g/mol. The summed E-state index contributed by atoms with van der Waals surface area (Å²) in [5, 5.41) is 0. The average Bonchev–Trinajstić information content (AvgIpc) is 2.40. The molecule has 0 aliphatic carbocycles. The lowest BCUT2D eigenvalue weighted by molar-refractivity contribution is -0.109. The van der Waals surface area contributed by atoms with Crippen LogP contribution in [0.4, 0.5) is 8.78 Å². The van der Waals surface area contributed by atoms with E-state index in [1.54, 1.807) is 0 Å². The molecule has 4 heteroatoms. The Bertz CT molecular complexity index is 216. The predicted octanol–water partition coefficient (Wildman–Crippen LogP) is 2.87. The minimum atomic E-state index is -2.60. The maximum Gasteiger partial charge on any atom is 0.246 e. The summed E-state index contributed by atoms with van der Waals surface area (Å²) in [5.74, 6) is -2.60. The standard InChI is InChI=1S/C12H21F2NO/c1-12(13,14)7-9-15-8-4-2-3-5-11(15)6-10-16/h10-11H,2-9H2,1H3. The Morgan fingerprint density at radius 3 is 2.75 bits per heavy atom. The molecule has 1 saturated heterocycles. The van der Waals surface area contributed by atoms with Gasteiger partial charge in [0, 0.05) is 25.4 Å². The first-order valence-electron chi connectivity index (χ1n) is 6.08. The van der Waals surface area contributed by atoms with Gasteiger partial charge in [-0.05, 0) is 26.3 Å². The molecule has 1 aliphatic heterocycles. The minimum absolute atomic E-state index is 0.109. The first-order valence-corrected chi connectivity index (χ1v) is 6.08. The summed E-state index contributed by atoms with van der Waals surface area (Å²) >= 11 is 0. The molecule has 94 valence electrons. The van der Waals surface area contributed by atoms with Gasteiger partial charge < -0.3 is 4.79 Å². The summed E-state index contributed by atoms with van der Waals surface area (Å²) < 4.78 is 25.6. The molecule has 16 heavy (non-hydrogen) atoms. The quantitative estimate of drug-likeness (QED) is 0.680. The topological polar surface area (TPSA) is 20.3 Å². The van der Waals surface area contributed by atoms with E-state index in [4.69, 9.17) is 0 Å². The molecule has 0 radical (unpaired) electrons. The summed E-state index contributed by atoms with van der Waals surface area (Å²) in [4.78, 5) is 12.6. The second kappa shape index (κ2) is 6.28. The van der Waals surface area contributed by atoms with Gasteiger partial charge in [-0.3, -0.25) is 4.90 Å². The van der Waals surface area contributed by atoms with Crippen LogP contribution in [0.1, 0.15) is 45.4 Å². The zero-order valence-electron chi connectivity index (χ0n) is 9.92. The van der Waals surface area contributed by atoms with Crippen LogP contribution < -0.4 is 0 Å². The second-order valence-electron chi connectivity index (χ2n) is 4.76. The van der Waals surface area contributed by atoms with E-state index in [2.05, 4.69) is 4.90 Å². The largest absolute Gasteiger partial charge is 0.303 e. The maximum absolute atomic E-state index is 12.8. The van der Waals surface area contributed by atoms with E-state index in [1.807, 2.05) is 0 Å². The monoisotopic (exact) mass is 233 g/mol. The smallest absolute Gasteiger partial charge is 0.246 e. The highest BCUT2D eigenvalue weighted by atomic mass is 19.3. The second-order valence-corrected chi connectivity index (χ2v) is 4.76. The van der Waals surface area contributed by atoms with Crippen LogP contribution in [0.3, 0.4) is 0 Å². The molecular weight excluding hydrogens is 212 g/mol. The third-order valence-corrected chi connectivity index (χ3v) is 3.21. The van der Waals surface area contributed by atoms with Crippen molar-refractivity contribution in [2.45, 2.75) is 57.4 Å². The van der Waals surface area contributed by atoms with Crippen LogP contribution in [0.25, 0.3) is 0 Å².